The molecule has 2 aromatic carbocycles. The lowest BCUT2D eigenvalue weighted by atomic mass is 10.0. The molecule has 0 radical (unpaired) electrons. The molecule has 0 heterocycles. The van der Waals surface area contributed by atoms with Gasteiger partial charge >= 0.3 is 5.97 Å². The highest BCUT2D eigenvalue weighted by Gasteiger charge is 2.16. The summed E-state index contributed by atoms with van der Waals surface area (Å²) >= 11 is 0. The fourth-order valence-corrected chi connectivity index (χ4v) is 3.44. The van der Waals surface area contributed by atoms with Crippen LogP contribution in [-0.4, -0.2) is 17.7 Å². The van der Waals surface area contributed by atoms with Crippen LogP contribution in [0.1, 0.15) is 48.8 Å². The third kappa shape index (κ3) is 4.98. The van der Waals surface area contributed by atoms with Crippen molar-refractivity contribution in [1.29, 1.82) is 0 Å². The Morgan fingerprint density at radius 3 is 2.46 bits per heavy atom. The third-order valence-electron chi connectivity index (χ3n) is 4.92. The zero-order valence-electron chi connectivity index (χ0n) is 15.3. The first-order valence-electron chi connectivity index (χ1n) is 9.33. The van der Waals surface area contributed by atoms with E-state index in [9.17, 15) is 4.79 Å². The molecule has 0 aromatic heterocycles. The Kier molecular flexibility index (Phi) is 6.11. The molecule has 1 aliphatic carbocycles. The van der Waals surface area contributed by atoms with Gasteiger partial charge in [0.25, 0.3) is 0 Å². The molecular formula is C23H26O3. The minimum atomic E-state index is -0.737. The van der Waals surface area contributed by atoms with Gasteiger partial charge in [-0.25, -0.2) is 0 Å². The van der Waals surface area contributed by atoms with Crippen molar-refractivity contribution in [2.24, 2.45) is 0 Å². The van der Waals surface area contributed by atoms with Crippen molar-refractivity contribution >= 4 is 11.5 Å². The fraction of sp³-hybridized carbons (Fsp3) is 0.348. The number of allylic oxidation sites excluding steroid dienone is 1. The largest absolute Gasteiger partial charge is 0.489 e. The van der Waals surface area contributed by atoms with Crippen molar-refractivity contribution in [2.45, 2.75) is 45.4 Å². The van der Waals surface area contributed by atoms with Crippen LogP contribution in [0.15, 0.2) is 54.1 Å². The number of carboxylic acid groups (broad SMARTS) is 1. The Hall–Kier alpha value is -2.55. The number of benzene rings is 2. The Morgan fingerprint density at radius 2 is 1.77 bits per heavy atom. The first-order valence-corrected chi connectivity index (χ1v) is 9.33. The molecule has 3 rings (SSSR count). The zero-order valence-corrected chi connectivity index (χ0v) is 15.3. The van der Waals surface area contributed by atoms with Crippen LogP contribution in [0.3, 0.4) is 0 Å². The van der Waals surface area contributed by atoms with Crippen molar-refractivity contribution in [2.75, 3.05) is 6.61 Å². The molecule has 3 nitrogen and oxygen atoms in total. The molecule has 0 spiro atoms. The summed E-state index contributed by atoms with van der Waals surface area (Å²) in [7, 11) is 0. The Bertz CT molecular complexity index is 770. The molecule has 26 heavy (non-hydrogen) atoms. The predicted octanol–water partition coefficient (Wildman–Crippen LogP) is 5.42. The van der Waals surface area contributed by atoms with Gasteiger partial charge in [-0.05, 0) is 73.4 Å². The van der Waals surface area contributed by atoms with Gasteiger partial charge < -0.3 is 9.84 Å². The van der Waals surface area contributed by atoms with Gasteiger partial charge in [-0.15, -0.1) is 0 Å². The summed E-state index contributed by atoms with van der Waals surface area (Å²) < 4.78 is 6.01. The number of rotatable bonds is 8. The van der Waals surface area contributed by atoms with E-state index in [1.165, 1.54) is 28.7 Å². The lowest BCUT2D eigenvalue weighted by Gasteiger charge is -2.11. The maximum atomic E-state index is 10.6. The molecule has 2 aromatic rings. The standard InChI is InChI=1S/C23H26O3/c1-17-8-12-19(13-9-17)22-6-3-5-20(22)16-26-21-14-10-18(11-15-21)4-2-7-23(24)25/h8-15H,2-7,16H2,1H3,(H,24,25). The Balaban J connectivity index is 1.58. The summed E-state index contributed by atoms with van der Waals surface area (Å²) in [5, 5.41) is 8.70. The molecule has 0 aliphatic heterocycles. The van der Waals surface area contributed by atoms with Gasteiger partial charge in [0, 0.05) is 6.42 Å². The Morgan fingerprint density at radius 1 is 1.04 bits per heavy atom. The Labute approximate surface area is 155 Å². The van der Waals surface area contributed by atoms with Crippen molar-refractivity contribution in [3.05, 3.63) is 70.8 Å². The number of aliphatic carboxylic acids is 1. The van der Waals surface area contributed by atoms with Crippen LogP contribution in [0.4, 0.5) is 0 Å². The molecule has 0 atom stereocenters. The van der Waals surface area contributed by atoms with Gasteiger partial charge in [0.2, 0.25) is 0 Å². The van der Waals surface area contributed by atoms with Gasteiger partial charge in [-0.2, -0.15) is 0 Å². The molecule has 1 aliphatic rings. The van der Waals surface area contributed by atoms with Gasteiger partial charge in [-0.1, -0.05) is 42.0 Å². The number of ether oxygens (including phenoxy) is 1. The normalized spacial score (nSPS) is 13.9. The minimum Gasteiger partial charge on any atom is -0.489 e. The molecule has 136 valence electrons. The zero-order chi connectivity index (χ0) is 18.4. The molecule has 0 fully saturated rings. The number of hydrogen-bond donors (Lipinski definition) is 1. The van der Waals surface area contributed by atoms with E-state index in [2.05, 4.69) is 31.2 Å². The quantitative estimate of drug-likeness (QED) is 0.691. The van der Waals surface area contributed by atoms with E-state index >= 15 is 0 Å². The van der Waals surface area contributed by atoms with Crippen LogP contribution >= 0.6 is 0 Å². The van der Waals surface area contributed by atoms with E-state index in [1.54, 1.807) is 0 Å². The number of hydrogen-bond acceptors (Lipinski definition) is 2. The maximum Gasteiger partial charge on any atom is 0.303 e. The highest BCUT2D eigenvalue weighted by atomic mass is 16.5. The highest BCUT2D eigenvalue weighted by molar-refractivity contribution is 5.71. The third-order valence-corrected chi connectivity index (χ3v) is 4.92. The second-order valence-electron chi connectivity index (χ2n) is 6.98. The second-order valence-corrected chi connectivity index (χ2v) is 6.98. The van der Waals surface area contributed by atoms with E-state index in [0.717, 1.165) is 30.6 Å². The summed E-state index contributed by atoms with van der Waals surface area (Å²) in [5.74, 6) is 0.133. The van der Waals surface area contributed by atoms with E-state index in [-0.39, 0.29) is 6.42 Å². The van der Waals surface area contributed by atoms with E-state index in [1.807, 2.05) is 24.3 Å². The average molecular weight is 350 g/mol. The van der Waals surface area contributed by atoms with Crippen LogP contribution in [0.2, 0.25) is 0 Å². The predicted molar refractivity (Wildman–Crippen MR) is 104 cm³/mol. The number of carboxylic acids is 1. The second kappa shape index (κ2) is 8.70. The molecule has 0 saturated carbocycles. The van der Waals surface area contributed by atoms with Crippen molar-refractivity contribution in [3.8, 4) is 5.75 Å². The van der Waals surface area contributed by atoms with Crippen LogP contribution < -0.4 is 4.74 Å². The van der Waals surface area contributed by atoms with Crippen molar-refractivity contribution < 1.29 is 14.6 Å². The van der Waals surface area contributed by atoms with Gasteiger partial charge in [0.15, 0.2) is 0 Å². The fourth-order valence-electron chi connectivity index (χ4n) is 3.44. The van der Waals surface area contributed by atoms with E-state index in [4.69, 9.17) is 9.84 Å². The summed E-state index contributed by atoms with van der Waals surface area (Å²) in [5.41, 5.74) is 6.60. The monoisotopic (exact) mass is 350 g/mol. The SMILES string of the molecule is Cc1ccc(C2=C(COc3ccc(CCCC(=O)O)cc3)CCC2)cc1. The number of aryl methyl sites for hydroxylation is 2. The van der Waals surface area contributed by atoms with Gasteiger partial charge in [0.1, 0.15) is 12.4 Å². The van der Waals surface area contributed by atoms with Gasteiger partial charge in [0.05, 0.1) is 0 Å². The molecule has 3 heteroatoms. The molecule has 0 saturated heterocycles. The summed E-state index contributed by atoms with van der Waals surface area (Å²) in [6.45, 7) is 2.75. The molecule has 1 N–H and O–H groups in total. The molecule has 0 amide bonds. The van der Waals surface area contributed by atoms with Crippen LogP contribution in [0.5, 0.6) is 5.75 Å². The lowest BCUT2D eigenvalue weighted by molar-refractivity contribution is -0.137. The van der Waals surface area contributed by atoms with Crippen molar-refractivity contribution in [3.63, 3.8) is 0 Å². The smallest absolute Gasteiger partial charge is 0.303 e. The topological polar surface area (TPSA) is 46.5 Å². The molecule has 0 bridgehead atoms. The van der Waals surface area contributed by atoms with E-state index in [0.29, 0.717) is 13.0 Å². The average Bonchev–Trinajstić information content (AvgIpc) is 3.10. The first-order chi connectivity index (χ1) is 12.6. The molecule has 0 unspecified atom stereocenters. The van der Waals surface area contributed by atoms with Gasteiger partial charge in [-0.3, -0.25) is 4.79 Å². The maximum absolute atomic E-state index is 10.6. The van der Waals surface area contributed by atoms with Crippen LogP contribution in [0.25, 0.3) is 5.57 Å². The van der Waals surface area contributed by atoms with Crippen molar-refractivity contribution in [1.82, 2.24) is 0 Å². The van der Waals surface area contributed by atoms with Crippen LogP contribution in [0, 0.1) is 6.92 Å². The lowest BCUT2D eigenvalue weighted by Crippen LogP contribution is -2.01. The summed E-state index contributed by atoms with van der Waals surface area (Å²) in [4.78, 5) is 10.6. The van der Waals surface area contributed by atoms with Crippen LogP contribution in [-0.2, 0) is 11.2 Å². The molecular weight excluding hydrogens is 324 g/mol. The number of carbonyl (C=O) groups is 1. The summed E-state index contributed by atoms with van der Waals surface area (Å²) in [6.07, 6.45) is 5.11. The highest BCUT2D eigenvalue weighted by Crippen LogP contribution is 2.34. The summed E-state index contributed by atoms with van der Waals surface area (Å²) in [6, 6.07) is 16.8. The minimum absolute atomic E-state index is 0.216. The first kappa shape index (κ1) is 18.2. The van der Waals surface area contributed by atoms with E-state index < -0.39 is 5.97 Å².